The van der Waals surface area contributed by atoms with Crippen molar-refractivity contribution < 1.29 is 14.3 Å². The van der Waals surface area contributed by atoms with Crippen LogP contribution in [-0.2, 0) is 16.0 Å². The molecule has 0 radical (unpaired) electrons. The number of carbonyl (C=O) groups excluding carboxylic acids is 1. The van der Waals surface area contributed by atoms with Crippen LogP contribution < -0.4 is 4.74 Å². The quantitative estimate of drug-likeness (QED) is 0.766. The monoisotopic (exact) mass is 276 g/mol. The van der Waals surface area contributed by atoms with E-state index in [2.05, 4.69) is 0 Å². The van der Waals surface area contributed by atoms with Gasteiger partial charge in [-0.15, -0.1) is 0 Å². The normalized spacial score (nSPS) is 21.4. The van der Waals surface area contributed by atoms with Crippen molar-refractivity contribution in [1.82, 2.24) is 0 Å². The van der Waals surface area contributed by atoms with Gasteiger partial charge >= 0.3 is 0 Å². The highest BCUT2D eigenvalue weighted by Gasteiger charge is 2.31. The average molecular weight is 276 g/mol. The Labute approximate surface area is 121 Å². The lowest BCUT2D eigenvalue weighted by Crippen LogP contribution is -2.33. The second-order valence-electron chi connectivity index (χ2n) is 5.65. The Bertz CT molecular complexity index is 461. The van der Waals surface area contributed by atoms with Crippen LogP contribution in [0.25, 0.3) is 0 Å². The lowest BCUT2D eigenvalue weighted by molar-refractivity contribution is -0.121. The molecule has 1 aromatic carbocycles. The molecule has 0 atom stereocenters. The summed E-state index contributed by atoms with van der Waals surface area (Å²) in [6, 6.07) is 5.98. The van der Waals surface area contributed by atoms with Gasteiger partial charge in [-0.1, -0.05) is 17.7 Å². The van der Waals surface area contributed by atoms with Crippen molar-refractivity contribution >= 4 is 5.78 Å². The zero-order chi connectivity index (χ0) is 14.5. The Kier molecular flexibility index (Phi) is 5.18. The molecule has 1 aliphatic rings. The topological polar surface area (TPSA) is 35.5 Å². The first-order chi connectivity index (χ1) is 9.62. The first kappa shape index (κ1) is 15.0. The van der Waals surface area contributed by atoms with Crippen molar-refractivity contribution in [3.63, 3.8) is 0 Å². The fraction of sp³-hybridized carbons (Fsp3) is 0.588. The molecule has 3 heteroatoms. The van der Waals surface area contributed by atoms with Crippen LogP contribution in [0.2, 0.25) is 0 Å². The molecular formula is C17H24O3. The summed E-state index contributed by atoms with van der Waals surface area (Å²) in [6.07, 6.45) is 3.59. The summed E-state index contributed by atoms with van der Waals surface area (Å²) in [7, 11) is 1.65. The lowest BCUT2D eigenvalue weighted by Gasteiger charge is -2.34. The Morgan fingerprint density at radius 3 is 2.75 bits per heavy atom. The Hall–Kier alpha value is -1.35. The summed E-state index contributed by atoms with van der Waals surface area (Å²) in [5.41, 5.74) is 2.16. The highest BCUT2D eigenvalue weighted by Crippen LogP contribution is 2.33. The molecular weight excluding hydrogens is 252 g/mol. The van der Waals surface area contributed by atoms with Crippen LogP contribution in [0, 0.1) is 12.8 Å². The molecule has 2 rings (SSSR count). The largest absolute Gasteiger partial charge is 0.496 e. The van der Waals surface area contributed by atoms with Gasteiger partial charge in [0, 0.05) is 25.0 Å². The number of ketones is 1. The molecule has 0 N–H and O–H groups in total. The van der Waals surface area contributed by atoms with Crippen molar-refractivity contribution in [2.45, 2.75) is 45.6 Å². The van der Waals surface area contributed by atoms with Crippen molar-refractivity contribution in [2.24, 2.45) is 5.92 Å². The minimum atomic E-state index is 0.300. The average Bonchev–Trinajstić information content (AvgIpc) is 2.36. The molecule has 1 aliphatic carbocycles. The number of hydrogen-bond acceptors (Lipinski definition) is 3. The predicted octanol–water partition coefficient (Wildman–Crippen LogP) is 3.32. The number of aryl methyl sites for hydroxylation is 1. The highest BCUT2D eigenvalue weighted by molar-refractivity contribution is 5.82. The van der Waals surface area contributed by atoms with E-state index >= 15 is 0 Å². The van der Waals surface area contributed by atoms with Crippen molar-refractivity contribution in [3.8, 4) is 5.75 Å². The van der Waals surface area contributed by atoms with Gasteiger partial charge in [0.15, 0.2) is 0 Å². The Balaban J connectivity index is 1.85. The first-order valence-corrected chi connectivity index (χ1v) is 7.39. The number of carbonyl (C=O) groups is 1. The summed E-state index contributed by atoms with van der Waals surface area (Å²) < 4.78 is 10.9. The molecule has 0 heterocycles. The van der Waals surface area contributed by atoms with Crippen LogP contribution in [0.1, 0.15) is 37.3 Å². The Morgan fingerprint density at radius 2 is 2.10 bits per heavy atom. The number of hydrogen-bond donors (Lipinski definition) is 0. The predicted molar refractivity (Wildman–Crippen MR) is 79.2 cm³/mol. The highest BCUT2D eigenvalue weighted by atomic mass is 16.5. The van der Waals surface area contributed by atoms with E-state index in [1.165, 1.54) is 0 Å². The molecule has 0 unspecified atom stereocenters. The van der Waals surface area contributed by atoms with Gasteiger partial charge in [-0.25, -0.2) is 0 Å². The van der Waals surface area contributed by atoms with Gasteiger partial charge in [0.1, 0.15) is 11.5 Å². The molecule has 0 amide bonds. The standard InChI is InChI=1S/C17H24O3/c1-4-20-16-9-13(10-16)8-15(18)11-14-7-12(2)5-6-17(14)19-3/h5-7,13,16H,4,8-11H2,1-3H3. The maximum absolute atomic E-state index is 12.2. The molecule has 1 saturated carbocycles. The zero-order valence-electron chi connectivity index (χ0n) is 12.6. The number of rotatable bonds is 7. The third-order valence-corrected chi connectivity index (χ3v) is 3.93. The van der Waals surface area contributed by atoms with E-state index in [0.29, 0.717) is 30.6 Å². The molecule has 110 valence electrons. The molecule has 3 nitrogen and oxygen atoms in total. The van der Waals surface area contributed by atoms with Gasteiger partial charge in [-0.2, -0.15) is 0 Å². The van der Waals surface area contributed by atoms with Gasteiger partial charge in [0.05, 0.1) is 13.2 Å². The Morgan fingerprint density at radius 1 is 1.35 bits per heavy atom. The second kappa shape index (κ2) is 6.89. The molecule has 0 spiro atoms. The van der Waals surface area contributed by atoms with E-state index < -0.39 is 0 Å². The van der Waals surface area contributed by atoms with Crippen LogP contribution in [0.4, 0.5) is 0 Å². The smallest absolute Gasteiger partial charge is 0.137 e. The van der Waals surface area contributed by atoms with Gasteiger partial charge in [0.2, 0.25) is 0 Å². The summed E-state index contributed by atoms with van der Waals surface area (Å²) >= 11 is 0. The van der Waals surface area contributed by atoms with E-state index in [1.807, 2.05) is 32.0 Å². The van der Waals surface area contributed by atoms with Crippen molar-refractivity contribution in [1.29, 1.82) is 0 Å². The number of benzene rings is 1. The summed E-state index contributed by atoms with van der Waals surface area (Å²) in [5.74, 6) is 1.62. The minimum Gasteiger partial charge on any atom is -0.496 e. The van der Waals surface area contributed by atoms with E-state index in [9.17, 15) is 4.79 Å². The summed E-state index contributed by atoms with van der Waals surface area (Å²) in [6.45, 7) is 4.82. The first-order valence-electron chi connectivity index (χ1n) is 7.39. The number of ether oxygens (including phenoxy) is 2. The van der Waals surface area contributed by atoms with Gasteiger partial charge < -0.3 is 9.47 Å². The molecule has 0 aromatic heterocycles. The van der Waals surface area contributed by atoms with Crippen LogP contribution in [-0.4, -0.2) is 25.6 Å². The summed E-state index contributed by atoms with van der Waals surface area (Å²) in [5, 5.41) is 0. The van der Waals surface area contributed by atoms with E-state index in [-0.39, 0.29) is 0 Å². The van der Waals surface area contributed by atoms with Crippen LogP contribution in [0.3, 0.4) is 0 Å². The third-order valence-electron chi connectivity index (χ3n) is 3.93. The van der Waals surface area contributed by atoms with E-state index in [0.717, 1.165) is 36.3 Å². The lowest BCUT2D eigenvalue weighted by atomic mass is 9.78. The van der Waals surface area contributed by atoms with E-state index in [4.69, 9.17) is 9.47 Å². The van der Waals surface area contributed by atoms with Gasteiger partial charge in [0.25, 0.3) is 0 Å². The molecule has 0 aliphatic heterocycles. The molecule has 0 saturated heterocycles. The zero-order valence-corrected chi connectivity index (χ0v) is 12.6. The van der Waals surface area contributed by atoms with Crippen LogP contribution >= 0.6 is 0 Å². The molecule has 1 fully saturated rings. The summed E-state index contributed by atoms with van der Waals surface area (Å²) in [4.78, 5) is 12.2. The van der Waals surface area contributed by atoms with Crippen molar-refractivity contribution in [3.05, 3.63) is 29.3 Å². The van der Waals surface area contributed by atoms with Crippen LogP contribution in [0.15, 0.2) is 18.2 Å². The molecule has 20 heavy (non-hydrogen) atoms. The van der Waals surface area contributed by atoms with Crippen LogP contribution in [0.5, 0.6) is 5.75 Å². The fourth-order valence-corrected chi connectivity index (χ4v) is 2.87. The number of methoxy groups -OCH3 is 1. The SMILES string of the molecule is CCOC1CC(CC(=O)Cc2cc(C)ccc2OC)C1. The third kappa shape index (κ3) is 3.83. The number of Topliss-reactive ketones (excluding diaryl/α,β-unsaturated/α-hetero) is 1. The molecule has 1 aromatic rings. The maximum Gasteiger partial charge on any atom is 0.137 e. The molecule has 0 bridgehead atoms. The van der Waals surface area contributed by atoms with Gasteiger partial charge in [-0.3, -0.25) is 4.79 Å². The maximum atomic E-state index is 12.2. The second-order valence-corrected chi connectivity index (χ2v) is 5.65. The van der Waals surface area contributed by atoms with Gasteiger partial charge in [-0.05, 0) is 38.7 Å². The van der Waals surface area contributed by atoms with E-state index in [1.54, 1.807) is 7.11 Å². The van der Waals surface area contributed by atoms with Crippen molar-refractivity contribution in [2.75, 3.05) is 13.7 Å². The minimum absolute atomic E-state index is 0.300. The fourth-order valence-electron chi connectivity index (χ4n) is 2.87.